The van der Waals surface area contributed by atoms with Gasteiger partial charge in [-0.05, 0) is 25.5 Å². The molecule has 0 aromatic heterocycles. The summed E-state index contributed by atoms with van der Waals surface area (Å²) in [6, 6.07) is 6.70. The van der Waals surface area contributed by atoms with Crippen LogP contribution in [0.1, 0.15) is 18.9 Å². The molecule has 0 aliphatic heterocycles. The second-order valence-corrected chi connectivity index (χ2v) is 3.46. The number of non-ortho nitro benzene ring substituents is 1. The second kappa shape index (κ2) is 6.74. The van der Waals surface area contributed by atoms with E-state index in [0.717, 1.165) is 18.5 Å². The Balaban J connectivity index is 2.42. The predicted octanol–water partition coefficient (Wildman–Crippen LogP) is 2.65. The van der Waals surface area contributed by atoms with Crippen LogP contribution in [0.25, 0.3) is 0 Å². The van der Waals surface area contributed by atoms with Gasteiger partial charge in [0.05, 0.1) is 4.92 Å². The molecule has 0 unspecified atom stereocenters. The van der Waals surface area contributed by atoms with Crippen molar-refractivity contribution in [1.29, 1.82) is 0 Å². The Kier molecular flexibility index (Phi) is 5.22. The van der Waals surface area contributed by atoms with E-state index in [4.69, 9.17) is 0 Å². The van der Waals surface area contributed by atoms with E-state index < -0.39 is 0 Å². The number of hydrogen-bond acceptors (Lipinski definition) is 3. The quantitative estimate of drug-likeness (QED) is 0.347. The van der Waals surface area contributed by atoms with Gasteiger partial charge in [0.2, 0.25) is 0 Å². The standard InChI is InChI=1S/C12H16N2O2/c1-2-3-4-8-13-10-11-6-5-7-12(9-11)14(15)16/h2-3,5-7,9,13H,4,8,10H2,1H3/b3-2+. The molecular weight excluding hydrogens is 204 g/mol. The summed E-state index contributed by atoms with van der Waals surface area (Å²) in [4.78, 5) is 10.2. The molecule has 0 saturated carbocycles. The molecule has 0 atom stereocenters. The van der Waals surface area contributed by atoms with E-state index in [9.17, 15) is 10.1 Å². The first-order valence-electron chi connectivity index (χ1n) is 5.29. The maximum atomic E-state index is 10.5. The molecule has 0 bridgehead atoms. The molecule has 1 aromatic rings. The van der Waals surface area contributed by atoms with Crippen LogP contribution < -0.4 is 5.32 Å². The Bertz CT molecular complexity index is 375. The minimum Gasteiger partial charge on any atom is -0.312 e. The summed E-state index contributed by atoms with van der Waals surface area (Å²) in [5.41, 5.74) is 1.09. The highest BCUT2D eigenvalue weighted by Gasteiger charge is 2.04. The van der Waals surface area contributed by atoms with Crippen molar-refractivity contribution in [3.8, 4) is 0 Å². The lowest BCUT2D eigenvalue weighted by Crippen LogP contribution is -2.14. The lowest BCUT2D eigenvalue weighted by Gasteiger charge is -2.02. The van der Waals surface area contributed by atoms with Crippen molar-refractivity contribution in [2.24, 2.45) is 0 Å². The maximum Gasteiger partial charge on any atom is 0.269 e. The number of rotatable bonds is 6. The fourth-order valence-corrected chi connectivity index (χ4v) is 1.36. The second-order valence-electron chi connectivity index (χ2n) is 3.46. The fraction of sp³-hybridized carbons (Fsp3) is 0.333. The van der Waals surface area contributed by atoms with Crippen LogP contribution in [0.3, 0.4) is 0 Å². The third kappa shape index (κ3) is 4.23. The summed E-state index contributed by atoms with van der Waals surface area (Å²) in [6.45, 7) is 3.53. The topological polar surface area (TPSA) is 55.2 Å². The summed E-state index contributed by atoms with van der Waals surface area (Å²) in [5.74, 6) is 0. The molecule has 0 radical (unpaired) electrons. The SMILES string of the molecule is C/C=C/CCNCc1cccc([N+](=O)[O-])c1. The fourth-order valence-electron chi connectivity index (χ4n) is 1.36. The molecule has 0 spiro atoms. The van der Waals surface area contributed by atoms with Gasteiger partial charge in [-0.2, -0.15) is 0 Å². The van der Waals surface area contributed by atoms with Crippen LogP contribution in [0, 0.1) is 10.1 Å². The van der Waals surface area contributed by atoms with E-state index in [1.54, 1.807) is 12.1 Å². The van der Waals surface area contributed by atoms with Gasteiger partial charge in [0.25, 0.3) is 5.69 Å². The molecule has 1 N–H and O–H groups in total. The van der Waals surface area contributed by atoms with Crippen LogP contribution in [0.4, 0.5) is 5.69 Å². The number of benzene rings is 1. The molecule has 0 heterocycles. The molecular formula is C12H16N2O2. The van der Waals surface area contributed by atoms with Gasteiger partial charge in [-0.15, -0.1) is 0 Å². The number of allylic oxidation sites excluding steroid dienone is 1. The highest BCUT2D eigenvalue weighted by molar-refractivity contribution is 5.34. The van der Waals surface area contributed by atoms with E-state index in [0.29, 0.717) is 6.54 Å². The van der Waals surface area contributed by atoms with Gasteiger partial charge in [0.1, 0.15) is 0 Å². The van der Waals surface area contributed by atoms with Crippen molar-refractivity contribution in [2.75, 3.05) is 6.54 Å². The number of nitrogens with one attached hydrogen (secondary N) is 1. The van der Waals surface area contributed by atoms with Gasteiger partial charge in [-0.3, -0.25) is 10.1 Å². The highest BCUT2D eigenvalue weighted by Crippen LogP contribution is 2.12. The maximum absolute atomic E-state index is 10.5. The summed E-state index contributed by atoms with van der Waals surface area (Å²) in [7, 11) is 0. The predicted molar refractivity (Wildman–Crippen MR) is 64.2 cm³/mol. The van der Waals surface area contributed by atoms with Crippen LogP contribution in [-0.2, 0) is 6.54 Å². The summed E-state index contributed by atoms with van der Waals surface area (Å²) in [6.07, 6.45) is 5.07. The Labute approximate surface area is 95.1 Å². The van der Waals surface area contributed by atoms with Gasteiger partial charge in [0, 0.05) is 18.7 Å². The highest BCUT2D eigenvalue weighted by atomic mass is 16.6. The summed E-state index contributed by atoms with van der Waals surface area (Å²) in [5, 5.41) is 13.8. The third-order valence-electron chi connectivity index (χ3n) is 2.17. The van der Waals surface area contributed by atoms with Crippen LogP contribution in [-0.4, -0.2) is 11.5 Å². The molecule has 1 rings (SSSR count). The Hall–Kier alpha value is -1.68. The van der Waals surface area contributed by atoms with Crippen LogP contribution in [0.2, 0.25) is 0 Å². The van der Waals surface area contributed by atoms with Crippen molar-refractivity contribution in [1.82, 2.24) is 5.32 Å². The third-order valence-corrected chi connectivity index (χ3v) is 2.17. The normalized spacial score (nSPS) is 10.8. The van der Waals surface area contributed by atoms with E-state index >= 15 is 0 Å². The lowest BCUT2D eigenvalue weighted by molar-refractivity contribution is -0.384. The minimum absolute atomic E-state index is 0.146. The Morgan fingerprint density at radius 2 is 2.31 bits per heavy atom. The number of nitrogens with zero attached hydrogens (tertiary/aromatic N) is 1. The smallest absolute Gasteiger partial charge is 0.269 e. The molecule has 0 saturated heterocycles. The van der Waals surface area contributed by atoms with E-state index in [1.165, 1.54) is 6.07 Å². The molecule has 4 heteroatoms. The Morgan fingerprint density at radius 1 is 1.50 bits per heavy atom. The zero-order valence-electron chi connectivity index (χ0n) is 9.35. The average Bonchev–Trinajstić information content (AvgIpc) is 2.29. The Morgan fingerprint density at radius 3 is 3.00 bits per heavy atom. The largest absolute Gasteiger partial charge is 0.312 e. The van der Waals surface area contributed by atoms with Crippen molar-refractivity contribution >= 4 is 5.69 Å². The molecule has 0 amide bonds. The number of hydrogen-bond donors (Lipinski definition) is 1. The van der Waals surface area contributed by atoms with Gasteiger partial charge in [-0.1, -0.05) is 24.3 Å². The van der Waals surface area contributed by atoms with E-state index in [2.05, 4.69) is 11.4 Å². The van der Waals surface area contributed by atoms with Crippen molar-refractivity contribution in [3.05, 3.63) is 52.1 Å². The van der Waals surface area contributed by atoms with Gasteiger partial charge < -0.3 is 5.32 Å². The first-order valence-corrected chi connectivity index (χ1v) is 5.29. The van der Waals surface area contributed by atoms with Crippen LogP contribution in [0.15, 0.2) is 36.4 Å². The first-order chi connectivity index (χ1) is 7.74. The van der Waals surface area contributed by atoms with E-state index in [1.807, 2.05) is 19.1 Å². The number of nitro groups is 1. The van der Waals surface area contributed by atoms with Gasteiger partial charge in [-0.25, -0.2) is 0 Å². The average molecular weight is 220 g/mol. The molecule has 0 aliphatic rings. The first kappa shape index (κ1) is 12.4. The molecule has 0 aliphatic carbocycles. The zero-order chi connectivity index (χ0) is 11.8. The van der Waals surface area contributed by atoms with E-state index in [-0.39, 0.29) is 10.6 Å². The van der Waals surface area contributed by atoms with Crippen molar-refractivity contribution in [2.45, 2.75) is 19.9 Å². The molecule has 16 heavy (non-hydrogen) atoms. The lowest BCUT2D eigenvalue weighted by atomic mass is 10.2. The molecule has 4 nitrogen and oxygen atoms in total. The van der Waals surface area contributed by atoms with Gasteiger partial charge >= 0.3 is 0 Å². The minimum atomic E-state index is -0.372. The van der Waals surface area contributed by atoms with Crippen LogP contribution in [0.5, 0.6) is 0 Å². The van der Waals surface area contributed by atoms with Crippen molar-refractivity contribution < 1.29 is 4.92 Å². The summed E-state index contributed by atoms with van der Waals surface area (Å²) >= 11 is 0. The molecule has 0 fully saturated rings. The van der Waals surface area contributed by atoms with Crippen LogP contribution >= 0.6 is 0 Å². The number of nitro benzene ring substituents is 1. The summed E-state index contributed by atoms with van der Waals surface area (Å²) < 4.78 is 0. The van der Waals surface area contributed by atoms with Crippen molar-refractivity contribution in [3.63, 3.8) is 0 Å². The molecule has 1 aromatic carbocycles. The molecule has 86 valence electrons. The monoisotopic (exact) mass is 220 g/mol. The zero-order valence-corrected chi connectivity index (χ0v) is 9.35. The van der Waals surface area contributed by atoms with Gasteiger partial charge in [0.15, 0.2) is 0 Å².